The Labute approximate surface area is 121 Å². The van der Waals surface area contributed by atoms with Crippen molar-refractivity contribution in [2.75, 3.05) is 18.1 Å². The quantitative estimate of drug-likeness (QED) is 0.811. The zero-order valence-corrected chi connectivity index (χ0v) is 12.2. The number of thioether (sulfide) groups is 1. The number of aliphatic hydroxyl groups is 1. The lowest BCUT2D eigenvalue weighted by atomic mass is 10.0. The fourth-order valence-corrected chi connectivity index (χ4v) is 3.73. The lowest BCUT2D eigenvalue weighted by Crippen LogP contribution is -2.43. The van der Waals surface area contributed by atoms with Crippen LogP contribution in [0.25, 0.3) is 10.9 Å². The van der Waals surface area contributed by atoms with Gasteiger partial charge in [-0.3, -0.25) is 4.79 Å². The summed E-state index contributed by atoms with van der Waals surface area (Å²) in [5.74, 6) is 1.49. The van der Waals surface area contributed by atoms with Crippen molar-refractivity contribution in [2.45, 2.75) is 18.9 Å². The number of nitrogens with one attached hydrogen (secondary N) is 2. The molecule has 2 heterocycles. The molecular weight excluding hydrogens is 272 g/mol. The molecule has 1 atom stereocenters. The predicted octanol–water partition coefficient (Wildman–Crippen LogP) is 2.07. The monoisotopic (exact) mass is 290 g/mol. The normalized spacial score (nSPS) is 22.3. The van der Waals surface area contributed by atoms with E-state index in [0.717, 1.165) is 28.6 Å². The van der Waals surface area contributed by atoms with Crippen LogP contribution in [0.5, 0.6) is 0 Å². The van der Waals surface area contributed by atoms with Crippen LogP contribution in [0.1, 0.15) is 22.5 Å². The molecule has 0 radical (unpaired) electrons. The number of rotatable bonds is 3. The molecule has 20 heavy (non-hydrogen) atoms. The number of hydrogen-bond donors (Lipinski definition) is 3. The van der Waals surface area contributed by atoms with Crippen LogP contribution in [-0.4, -0.2) is 39.6 Å². The molecule has 1 aliphatic rings. The first-order valence-corrected chi connectivity index (χ1v) is 7.89. The second-order valence-electron chi connectivity index (χ2n) is 5.48. The minimum atomic E-state index is -0.747. The maximum absolute atomic E-state index is 12.1. The first-order chi connectivity index (χ1) is 9.56. The Bertz CT molecular complexity index is 644. The minimum absolute atomic E-state index is 0.163. The SMILES string of the molecule is Cc1ccc2cc(C(=O)NCC3(O)CCSC3)[nH]c2c1. The van der Waals surface area contributed by atoms with Gasteiger partial charge >= 0.3 is 0 Å². The Morgan fingerprint density at radius 1 is 1.50 bits per heavy atom. The van der Waals surface area contributed by atoms with E-state index in [-0.39, 0.29) is 5.91 Å². The first kappa shape index (κ1) is 13.5. The summed E-state index contributed by atoms with van der Waals surface area (Å²) in [7, 11) is 0. The van der Waals surface area contributed by atoms with Gasteiger partial charge in [0, 0.05) is 23.2 Å². The number of amides is 1. The molecule has 3 rings (SSSR count). The van der Waals surface area contributed by atoms with E-state index in [4.69, 9.17) is 0 Å². The Morgan fingerprint density at radius 2 is 2.35 bits per heavy atom. The maximum Gasteiger partial charge on any atom is 0.267 e. The molecule has 3 N–H and O–H groups in total. The molecule has 0 bridgehead atoms. The number of carbonyl (C=O) groups is 1. The maximum atomic E-state index is 12.1. The number of hydrogen-bond acceptors (Lipinski definition) is 3. The Morgan fingerprint density at radius 3 is 3.10 bits per heavy atom. The van der Waals surface area contributed by atoms with Gasteiger partial charge in [-0.2, -0.15) is 11.8 Å². The average molecular weight is 290 g/mol. The number of H-pyrrole nitrogens is 1. The molecule has 1 aliphatic heterocycles. The van der Waals surface area contributed by atoms with E-state index in [1.807, 2.05) is 31.2 Å². The molecular formula is C15H18N2O2S. The molecule has 1 fully saturated rings. The van der Waals surface area contributed by atoms with Crippen molar-refractivity contribution in [2.24, 2.45) is 0 Å². The van der Waals surface area contributed by atoms with Crippen LogP contribution < -0.4 is 5.32 Å². The minimum Gasteiger partial charge on any atom is -0.387 e. The van der Waals surface area contributed by atoms with Crippen LogP contribution in [0.15, 0.2) is 24.3 Å². The largest absolute Gasteiger partial charge is 0.387 e. The smallest absolute Gasteiger partial charge is 0.267 e. The fourth-order valence-electron chi connectivity index (χ4n) is 2.44. The van der Waals surface area contributed by atoms with Gasteiger partial charge in [0.25, 0.3) is 5.91 Å². The molecule has 0 spiro atoms. The third-order valence-corrected chi connectivity index (χ3v) is 4.92. The summed E-state index contributed by atoms with van der Waals surface area (Å²) in [4.78, 5) is 15.3. The van der Waals surface area contributed by atoms with Crippen molar-refractivity contribution in [1.29, 1.82) is 0 Å². The van der Waals surface area contributed by atoms with Gasteiger partial charge in [0.2, 0.25) is 0 Å². The lowest BCUT2D eigenvalue weighted by Gasteiger charge is -2.21. The molecule has 1 unspecified atom stereocenters. The summed E-state index contributed by atoms with van der Waals surface area (Å²) < 4.78 is 0. The summed E-state index contributed by atoms with van der Waals surface area (Å²) in [5, 5.41) is 14.1. The molecule has 5 heteroatoms. The number of fused-ring (bicyclic) bond motifs is 1. The summed E-state index contributed by atoms with van der Waals surface area (Å²) in [5.41, 5.74) is 1.91. The van der Waals surface area contributed by atoms with E-state index < -0.39 is 5.60 Å². The van der Waals surface area contributed by atoms with Gasteiger partial charge in [-0.1, -0.05) is 12.1 Å². The number of aromatic amines is 1. The van der Waals surface area contributed by atoms with E-state index in [0.29, 0.717) is 18.0 Å². The molecule has 0 saturated carbocycles. The fraction of sp³-hybridized carbons (Fsp3) is 0.400. The standard InChI is InChI=1S/C15H18N2O2S/c1-10-2-3-11-7-13(17-12(11)6-10)14(18)16-8-15(19)4-5-20-9-15/h2-3,6-7,17,19H,4-5,8-9H2,1H3,(H,16,18). The van der Waals surface area contributed by atoms with Crippen molar-refractivity contribution >= 4 is 28.6 Å². The van der Waals surface area contributed by atoms with E-state index in [1.165, 1.54) is 0 Å². The number of aryl methyl sites for hydroxylation is 1. The topological polar surface area (TPSA) is 65.1 Å². The van der Waals surface area contributed by atoms with Crippen LogP contribution in [-0.2, 0) is 0 Å². The van der Waals surface area contributed by atoms with E-state index >= 15 is 0 Å². The van der Waals surface area contributed by atoms with E-state index in [1.54, 1.807) is 11.8 Å². The Kier molecular flexibility index (Phi) is 3.48. The van der Waals surface area contributed by atoms with E-state index in [2.05, 4.69) is 10.3 Å². The molecule has 2 aromatic rings. The predicted molar refractivity (Wildman–Crippen MR) is 82.3 cm³/mol. The molecule has 1 aromatic carbocycles. The molecule has 1 aromatic heterocycles. The zero-order chi connectivity index (χ0) is 14.2. The Balaban J connectivity index is 1.72. The van der Waals surface area contributed by atoms with Gasteiger partial charge in [-0.25, -0.2) is 0 Å². The molecule has 4 nitrogen and oxygen atoms in total. The third-order valence-electron chi connectivity index (χ3n) is 3.68. The average Bonchev–Trinajstić information content (AvgIpc) is 3.02. The number of benzene rings is 1. The summed E-state index contributed by atoms with van der Waals surface area (Å²) in [6.07, 6.45) is 0.740. The van der Waals surface area contributed by atoms with Gasteiger partial charge < -0.3 is 15.4 Å². The number of carbonyl (C=O) groups excluding carboxylic acids is 1. The van der Waals surface area contributed by atoms with Gasteiger partial charge in [0.1, 0.15) is 5.69 Å². The van der Waals surface area contributed by atoms with Gasteiger partial charge in [-0.15, -0.1) is 0 Å². The van der Waals surface area contributed by atoms with Crippen LogP contribution in [0, 0.1) is 6.92 Å². The van der Waals surface area contributed by atoms with Gasteiger partial charge in [-0.05, 0) is 36.8 Å². The highest BCUT2D eigenvalue weighted by molar-refractivity contribution is 7.99. The molecule has 106 valence electrons. The second-order valence-corrected chi connectivity index (χ2v) is 6.59. The summed E-state index contributed by atoms with van der Waals surface area (Å²) in [6.45, 7) is 2.33. The molecule has 0 aliphatic carbocycles. The van der Waals surface area contributed by atoms with Crippen molar-refractivity contribution in [3.8, 4) is 0 Å². The zero-order valence-electron chi connectivity index (χ0n) is 11.4. The van der Waals surface area contributed by atoms with Gasteiger partial charge in [0.15, 0.2) is 0 Å². The van der Waals surface area contributed by atoms with Crippen molar-refractivity contribution in [1.82, 2.24) is 10.3 Å². The Hall–Kier alpha value is -1.46. The van der Waals surface area contributed by atoms with Crippen LogP contribution in [0.4, 0.5) is 0 Å². The molecule has 1 amide bonds. The van der Waals surface area contributed by atoms with Crippen LogP contribution in [0.3, 0.4) is 0 Å². The third kappa shape index (κ3) is 2.69. The second kappa shape index (κ2) is 5.14. The first-order valence-electron chi connectivity index (χ1n) is 6.73. The number of aromatic nitrogens is 1. The highest BCUT2D eigenvalue weighted by Gasteiger charge is 2.32. The van der Waals surface area contributed by atoms with E-state index in [9.17, 15) is 9.90 Å². The van der Waals surface area contributed by atoms with Crippen molar-refractivity contribution in [3.05, 3.63) is 35.5 Å². The molecule has 1 saturated heterocycles. The van der Waals surface area contributed by atoms with Crippen molar-refractivity contribution in [3.63, 3.8) is 0 Å². The summed E-state index contributed by atoms with van der Waals surface area (Å²) in [6, 6.07) is 7.89. The van der Waals surface area contributed by atoms with Gasteiger partial charge in [0.05, 0.1) is 5.60 Å². The van der Waals surface area contributed by atoms with Crippen LogP contribution in [0.2, 0.25) is 0 Å². The van der Waals surface area contributed by atoms with Crippen LogP contribution >= 0.6 is 11.8 Å². The summed E-state index contributed by atoms with van der Waals surface area (Å²) >= 11 is 1.72. The highest BCUT2D eigenvalue weighted by Crippen LogP contribution is 2.27. The lowest BCUT2D eigenvalue weighted by molar-refractivity contribution is 0.0611. The van der Waals surface area contributed by atoms with Crippen molar-refractivity contribution < 1.29 is 9.90 Å². The highest BCUT2D eigenvalue weighted by atomic mass is 32.2.